The monoisotopic (exact) mass is 484 g/mol. The predicted octanol–water partition coefficient (Wildman–Crippen LogP) is 4.87. The Hall–Kier alpha value is -3.27. The molecule has 6 nitrogen and oxygen atoms in total. The van der Waals surface area contributed by atoms with Crippen molar-refractivity contribution in [3.63, 3.8) is 0 Å². The van der Waals surface area contributed by atoms with Gasteiger partial charge < -0.3 is 4.42 Å². The number of thiophene rings is 1. The molecule has 0 aliphatic heterocycles. The van der Waals surface area contributed by atoms with Crippen molar-refractivity contribution >= 4 is 42.9 Å². The maximum Gasteiger partial charge on any atom is 0.239 e. The third-order valence-corrected chi connectivity index (χ3v) is 8.79. The number of hydrogen-bond donors (Lipinski definition) is 0. The number of furan rings is 1. The molecule has 2 aromatic heterocycles. The molecule has 2 aromatic carbocycles. The van der Waals surface area contributed by atoms with Crippen LogP contribution in [0.2, 0.25) is 0 Å². The van der Waals surface area contributed by atoms with Crippen molar-refractivity contribution in [2.24, 2.45) is 0 Å². The molecule has 0 saturated heterocycles. The van der Waals surface area contributed by atoms with E-state index < -0.39 is 30.4 Å². The zero-order valence-corrected chi connectivity index (χ0v) is 18.9. The molecule has 0 bridgehead atoms. The standard InChI is InChI=1S/C23H16O6S3/c24-23(20-12-7-15-30-20)21(31(25,26)18-8-3-1-4-9-18)16-17-13-14-22(29-17)32(27,28)19-10-5-2-6-11-19/h1-16H/b21-16+. The van der Waals surface area contributed by atoms with Crippen molar-refractivity contribution in [2.75, 3.05) is 0 Å². The van der Waals surface area contributed by atoms with Crippen molar-refractivity contribution in [3.8, 4) is 0 Å². The minimum Gasteiger partial charge on any atom is -0.445 e. The molecule has 162 valence electrons. The Morgan fingerprint density at radius 1 is 0.750 bits per heavy atom. The first kappa shape index (κ1) is 21.9. The van der Waals surface area contributed by atoms with E-state index in [9.17, 15) is 21.6 Å². The number of Topliss-reactive ketones (excluding diaryl/α,β-unsaturated/α-hetero) is 1. The second kappa shape index (κ2) is 8.70. The Morgan fingerprint density at radius 2 is 1.38 bits per heavy atom. The summed E-state index contributed by atoms with van der Waals surface area (Å²) in [4.78, 5) is 12.8. The van der Waals surface area contributed by atoms with E-state index in [0.717, 1.165) is 17.4 Å². The summed E-state index contributed by atoms with van der Waals surface area (Å²) < 4.78 is 57.5. The van der Waals surface area contributed by atoms with Crippen LogP contribution < -0.4 is 0 Å². The molecule has 0 radical (unpaired) electrons. The number of sulfone groups is 2. The molecule has 0 aliphatic carbocycles. The van der Waals surface area contributed by atoms with E-state index in [1.807, 2.05) is 0 Å². The number of rotatable bonds is 7. The lowest BCUT2D eigenvalue weighted by atomic mass is 10.2. The van der Waals surface area contributed by atoms with Gasteiger partial charge in [0.1, 0.15) is 10.7 Å². The van der Waals surface area contributed by atoms with E-state index >= 15 is 0 Å². The summed E-state index contributed by atoms with van der Waals surface area (Å²) in [5.41, 5.74) is 0. The molecule has 0 fully saturated rings. The van der Waals surface area contributed by atoms with Crippen molar-refractivity contribution in [1.82, 2.24) is 0 Å². The molecular formula is C23H16O6S3. The van der Waals surface area contributed by atoms with Gasteiger partial charge in [-0.15, -0.1) is 11.3 Å². The fourth-order valence-corrected chi connectivity index (χ4v) is 6.26. The van der Waals surface area contributed by atoms with Crippen LogP contribution in [0.3, 0.4) is 0 Å². The van der Waals surface area contributed by atoms with Gasteiger partial charge in [0.15, 0.2) is 0 Å². The second-order valence-electron chi connectivity index (χ2n) is 6.60. The normalized spacial score (nSPS) is 12.6. The number of carbonyl (C=O) groups is 1. The Kier molecular flexibility index (Phi) is 5.96. The molecule has 0 unspecified atom stereocenters. The molecule has 0 saturated carbocycles. The molecule has 0 amide bonds. The zero-order chi connectivity index (χ0) is 22.8. The largest absolute Gasteiger partial charge is 0.445 e. The van der Waals surface area contributed by atoms with Gasteiger partial charge in [-0.3, -0.25) is 4.79 Å². The van der Waals surface area contributed by atoms with Gasteiger partial charge in [-0.25, -0.2) is 16.8 Å². The Labute approximate surface area is 189 Å². The van der Waals surface area contributed by atoms with Crippen LogP contribution >= 0.6 is 11.3 Å². The first-order valence-electron chi connectivity index (χ1n) is 9.30. The SMILES string of the molecule is O=C(/C(=C\c1ccc(S(=O)(=O)c2ccccc2)o1)S(=O)(=O)c1ccccc1)c1cccs1. The van der Waals surface area contributed by atoms with Crippen LogP contribution in [0, 0.1) is 0 Å². The van der Waals surface area contributed by atoms with E-state index in [1.165, 1.54) is 42.5 Å². The van der Waals surface area contributed by atoms with Gasteiger partial charge >= 0.3 is 0 Å². The maximum atomic E-state index is 13.3. The average molecular weight is 485 g/mol. The highest BCUT2D eigenvalue weighted by atomic mass is 32.2. The number of allylic oxidation sites excluding steroid dienone is 1. The third-order valence-electron chi connectivity index (χ3n) is 4.51. The topological polar surface area (TPSA) is 98.5 Å². The van der Waals surface area contributed by atoms with E-state index in [1.54, 1.807) is 47.8 Å². The van der Waals surface area contributed by atoms with Crippen LogP contribution in [-0.2, 0) is 19.7 Å². The van der Waals surface area contributed by atoms with Gasteiger partial charge in [0.25, 0.3) is 0 Å². The van der Waals surface area contributed by atoms with Crippen LogP contribution in [0.25, 0.3) is 6.08 Å². The summed E-state index contributed by atoms with van der Waals surface area (Å²) in [6.07, 6.45) is 1.06. The second-order valence-corrected chi connectivity index (χ2v) is 11.4. The number of carbonyl (C=O) groups excluding carboxylic acids is 1. The fourth-order valence-electron chi connectivity index (χ4n) is 2.92. The van der Waals surface area contributed by atoms with Crippen molar-refractivity contribution in [1.29, 1.82) is 0 Å². The fraction of sp³-hybridized carbons (Fsp3) is 0. The molecule has 9 heteroatoms. The summed E-state index contributed by atoms with van der Waals surface area (Å²) in [6.45, 7) is 0. The van der Waals surface area contributed by atoms with Crippen molar-refractivity contribution in [3.05, 3.63) is 106 Å². The number of benzene rings is 2. The van der Waals surface area contributed by atoms with Crippen LogP contribution in [0.1, 0.15) is 15.4 Å². The van der Waals surface area contributed by atoms with Crippen LogP contribution in [0.5, 0.6) is 0 Å². The van der Waals surface area contributed by atoms with E-state index in [0.29, 0.717) is 0 Å². The predicted molar refractivity (Wildman–Crippen MR) is 121 cm³/mol. The highest BCUT2D eigenvalue weighted by Crippen LogP contribution is 2.29. The Morgan fingerprint density at radius 3 is 1.97 bits per heavy atom. The first-order valence-corrected chi connectivity index (χ1v) is 13.1. The quantitative estimate of drug-likeness (QED) is 0.274. The van der Waals surface area contributed by atoms with Gasteiger partial charge in [-0.1, -0.05) is 42.5 Å². The highest BCUT2D eigenvalue weighted by Gasteiger charge is 2.29. The van der Waals surface area contributed by atoms with Crippen molar-refractivity contribution < 1.29 is 26.0 Å². The summed E-state index contributed by atoms with van der Waals surface area (Å²) in [6, 6.07) is 21.0. The third kappa shape index (κ3) is 4.22. The summed E-state index contributed by atoms with van der Waals surface area (Å²) in [7, 11) is -8.13. The minimum atomic E-state index is -4.19. The maximum absolute atomic E-state index is 13.3. The van der Waals surface area contributed by atoms with E-state index in [4.69, 9.17) is 4.42 Å². The van der Waals surface area contributed by atoms with Gasteiger partial charge in [0.05, 0.1) is 14.7 Å². The molecule has 0 spiro atoms. The molecule has 4 rings (SSSR count). The molecule has 0 atom stereocenters. The van der Waals surface area contributed by atoms with Gasteiger partial charge in [-0.2, -0.15) is 0 Å². The van der Waals surface area contributed by atoms with Gasteiger partial charge in [0, 0.05) is 6.08 Å². The first-order chi connectivity index (χ1) is 15.3. The molecule has 0 aliphatic rings. The van der Waals surface area contributed by atoms with Crippen LogP contribution in [0.4, 0.5) is 0 Å². The smallest absolute Gasteiger partial charge is 0.239 e. The van der Waals surface area contributed by atoms with E-state index in [-0.39, 0.29) is 25.5 Å². The molecular weight excluding hydrogens is 468 g/mol. The summed E-state index contributed by atoms with van der Waals surface area (Å²) in [5.74, 6) is -0.772. The van der Waals surface area contributed by atoms with Crippen LogP contribution in [0.15, 0.2) is 115 Å². The van der Waals surface area contributed by atoms with E-state index in [2.05, 4.69) is 0 Å². The average Bonchev–Trinajstić information content (AvgIpc) is 3.51. The lowest BCUT2D eigenvalue weighted by molar-refractivity contribution is 0.104. The van der Waals surface area contributed by atoms with Gasteiger partial charge in [-0.05, 0) is 47.8 Å². The lowest BCUT2D eigenvalue weighted by Crippen LogP contribution is -2.13. The number of hydrogen-bond acceptors (Lipinski definition) is 7. The van der Waals surface area contributed by atoms with Crippen LogP contribution in [-0.4, -0.2) is 22.6 Å². The molecule has 32 heavy (non-hydrogen) atoms. The Bertz CT molecular complexity index is 1480. The summed E-state index contributed by atoms with van der Waals surface area (Å²) in [5, 5.41) is 1.31. The Balaban J connectivity index is 1.81. The zero-order valence-electron chi connectivity index (χ0n) is 16.4. The minimum absolute atomic E-state index is 0.0386. The molecule has 4 aromatic rings. The number of ketones is 1. The molecule has 0 N–H and O–H groups in total. The molecule has 2 heterocycles. The lowest BCUT2D eigenvalue weighted by Gasteiger charge is -2.07. The highest BCUT2D eigenvalue weighted by molar-refractivity contribution is 7.96. The van der Waals surface area contributed by atoms with Gasteiger partial charge in [0.2, 0.25) is 30.6 Å². The summed E-state index contributed by atoms with van der Waals surface area (Å²) >= 11 is 1.11. The van der Waals surface area contributed by atoms with Crippen molar-refractivity contribution in [2.45, 2.75) is 14.9 Å².